The molecule has 1 amide bonds. The maximum Gasteiger partial charge on any atom is 0.251 e. The van der Waals surface area contributed by atoms with Crippen molar-refractivity contribution >= 4 is 16.8 Å². The number of benzene rings is 1. The van der Waals surface area contributed by atoms with Gasteiger partial charge in [0, 0.05) is 30.6 Å². The number of carbonyl (C=O) groups is 1. The third-order valence-electron chi connectivity index (χ3n) is 4.10. The fraction of sp³-hybridized carbons (Fsp3) is 0.444. The molecule has 0 atom stereocenters. The first-order valence-corrected chi connectivity index (χ1v) is 8.24. The summed E-state index contributed by atoms with van der Waals surface area (Å²) in [6.07, 6.45) is 0.789. The van der Waals surface area contributed by atoms with Crippen LogP contribution in [-0.2, 0) is 11.2 Å². The van der Waals surface area contributed by atoms with Crippen molar-refractivity contribution in [3.63, 3.8) is 0 Å². The molecular formula is C18H25N3O2. The maximum atomic E-state index is 12.0. The number of hydrogen-bond acceptors (Lipinski definition) is 3. The molecule has 0 saturated heterocycles. The van der Waals surface area contributed by atoms with Crippen LogP contribution in [0.2, 0.25) is 0 Å². The fourth-order valence-electron chi connectivity index (χ4n) is 2.61. The number of nitrogens with zero attached hydrogens (tertiary/aromatic N) is 1. The van der Waals surface area contributed by atoms with Gasteiger partial charge in [-0.3, -0.25) is 9.59 Å². The predicted molar refractivity (Wildman–Crippen MR) is 93.7 cm³/mol. The van der Waals surface area contributed by atoms with Crippen molar-refractivity contribution in [2.24, 2.45) is 0 Å². The third kappa shape index (κ3) is 4.93. The summed E-state index contributed by atoms with van der Waals surface area (Å²) in [6, 6.07) is 9.53. The highest BCUT2D eigenvalue weighted by atomic mass is 16.1. The number of carbonyl (C=O) groups excluding carboxylic acids is 1. The molecule has 1 heterocycles. The topological polar surface area (TPSA) is 65.2 Å². The second kappa shape index (κ2) is 8.48. The Kier molecular flexibility index (Phi) is 6.35. The van der Waals surface area contributed by atoms with Gasteiger partial charge >= 0.3 is 0 Å². The Hall–Kier alpha value is -2.14. The highest BCUT2D eigenvalue weighted by molar-refractivity contribution is 5.79. The maximum absolute atomic E-state index is 12.0. The van der Waals surface area contributed by atoms with E-state index in [1.165, 1.54) is 0 Å². The molecule has 0 spiro atoms. The number of pyridine rings is 1. The zero-order valence-electron chi connectivity index (χ0n) is 13.9. The van der Waals surface area contributed by atoms with E-state index in [0.717, 1.165) is 30.5 Å². The van der Waals surface area contributed by atoms with Gasteiger partial charge in [0.1, 0.15) is 0 Å². The van der Waals surface area contributed by atoms with E-state index in [2.05, 4.69) is 29.0 Å². The van der Waals surface area contributed by atoms with Crippen molar-refractivity contribution in [3.05, 3.63) is 46.2 Å². The van der Waals surface area contributed by atoms with E-state index in [-0.39, 0.29) is 11.5 Å². The minimum Gasteiger partial charge on any atom is -0.355 e. The lowest BCUT2D eigenvalue weighted by Crippen LogP contribution is -2.35. The summed E-state index contributed by atoms with van der Waals surface area (Å²) in [4.78, 5) is 29.1. The van der Waals surface area contributed by atoms with Gasteiger partial charge in [-0.15, -0.1) is 0 Å². The van der Waals surface area contributed by atoms with Gasteiger partial charge in [-0.1, -0.05) is 32.0 Å². The number of nitrogens with one attached hydrogen (secondary N) is 2. The van der Waals surface area contributed by atoms with Crippen molar-refractivity contribution in [2.45, 2.75) is 26.7 Å². The molecule has 0 aliphatic heterocycles. The summed E-state index contributed by atoms with van der Waals surface area (Å²) in [6.45, 7) is 7.69. The van der Waals surface area contributed by atoms with E-state index >= 15 is 0 Å². The first kappa shape index (κ1) is 17.2. The molecule has 0 aliphatic rings. The number of likely N-dealkylation sites (N-methyl/N-ethyl adjacent to an activating group) is 1. The van der Waals surface area contributed by atoms with Gasteiger partial charge < -0.3 is 15.2 Å². The lowest BCUT2D eigenvalue weighted by Gasteiger charge is -2.17. The molecule has 0 radical (unpaired) electrons. The van der Waals surface area contributed by atoms with Crippen LogP contribution in [0.15, 0.2) is 35.1 Å². The van der Waals surface area contributed by atoms with Gasteiger partial charge in [-0.05, 0) is 37.0 Å². The minimum absolute atomic E-state index is 0.00952. The predicted octanol–water partition coefficient (Wildman–Crippen LogP) is 1.92. The summed E-state index contributed by atoms with van der Waals surface area (Å²) in [5.74, 6) is -0.00952. The smallest absolute Gasteiger partial charge is 0.251 e. The second-order valence-electron chi connectivity index (χ2n) is 5.59. The Bertz CT molecular complexity index is 705. The molecule has 2 rings (SSSR count). The fourth-order valence-corrected chi connectivity index (χ4v) is 2.61. The number of aromatic amines is 1. The monoisotopic (exact) mass is 315 g/mol. The molecule has 23 heavy (non-hydrogen) atoms. The summed E-state index contributed by atoms with van der Waals surface area (Å²) < 4.78 is 0. The Morgan fingerprint density at radius 2 is 1.96 bits per heavy atom. The average molecular weight is 315 g/mol. The average Bonchev–Trinajstić information content (AvgIpc) is 2.57. The number of amides is 1. The van der Waals surface area contributed by atoms with Crippen LogP contribution in [0.5, 0.6) is 0 Å². The van der Waals surface area contributed by atoms with Crippen molar-refractivity contribution in [1.29, 1.82) is 0 Å². The Labute approximate surface area is 136 Å². The molecule has 0 fully saturated rings. The van der Waals surface area contributed by atoms with Crippen molar-refractivity contribution < 1.29 is 4.79 Å². The molecule has 0 saturated carbocycles. The molecule has 5 nitrogen and oxygen atoms in total. The number of rotatable bonds is 8. The molecule has 1 aromatic carbocycles. The van der Waals surface area contributed by atoms with Crippen LogP contribution in [0.25, 0.3) is 10.9 Å². The van der Waals surface area contributed by atoms with Crippen LogP contribution < -0.4 is 10.9 Å². The number of hydrogen-bond donors (Lipinski definition) is 2. The number of fused-ring (bicyclic) bond motifs is 1. The van der Waals surface area contributed by atoms with Crippen molar-refractivity contribution in [2.75, 3.05) is 26.2 Å². The zero-order valence-corrected chi connectivity index (χ0v) is 13.9. The van der Waals surface area contributed by atoms with E-state index in [1.807, 2.05) is 30.3 Å². The quantitative estimate of drug-likeness (QED) is 0.782. The molecule has 1 aromatic heterocycles. The first-order valence-electron chi connectivity index (χ1n) is 8.24. The Morgan fingerprint density at radius 3 is 2.70 bits per heavy atom. The van der Waals surface area contributed by atoms with Crippen molar-refractivity contribution in [1.82, 2.24) is 15.2 Å². The first-order chi connectivity index (χ1) is 11.1. The van der Waals surface area contributed by atoms with Gasteiger partial charge in [0.2, 0.25) is 5.91 Å². The van der Waals surface area contributed by atoms with E-state index in [1.54, 1.807) is 0 Å². The number of para-hydroxylation sites is 1. The molecule has 124 valence electrons. The molecule has 0 bridgehead atoms. The van der Waals surface area contributed by atoms with Gasteiger partial charge in [-0.2, -0.15) is 0 Å². The molecule has 0 aliphatic carbocycles. The van der Waals surface area contributed by atoms with E-state index in [0.29, 0.717) is 24.9 Å². The summed E-state index contributed by atoms with van der Waals surface area (Å²) in [7, 11) is 0. The number of H-pyrrole nitrogens is 1. The summed E-state index contributed by atoms with van der Waals surface area (Å²) >= 11 is 0. The van der Waals surface area contributed by atoms with Crippen LogP contribution in [0, 0.1) is 0 Å². The largest absolute Gasteiger partial charge is 0.355 e. The third-order valence-corrected chi connectivity index (χ3v) is 4.10. The number of aryl methyl sites for hydroxylation is 1. The molecule has 5 heteroatoms. The van der Waals surface area contributed by atoms with E-state index < -0.39 is 0 Å². The van der Waals surface area contributed by atoms with E-state index in [9.17, 15) is 9.59 Å². The van der Waals surface area contributed by atoms with Crippen LogP contribution in [0.4, 0.5) is 0 Å². The lowest BCUT2D eigenvalue weighted by molar-refractivity contribution is -0.121. The van der Waals surface area contributed by atoms with Crippen molar-refractivity contribution in [3.8, 4) is 0 Å². The van der Waals surface area contributed by atoms with Crippen LogP contribution in [-0.4, -0.2) is 42.0 Å². The SMILES string of the molecule is CCN(CC)CCNC(=O)CCc1cc2ccccc2[nH]c1=O. The Morgan fingerprint density at radius 1 is 1.22 bits per heavy atom. The summed E-state index contributed by atoms with van der Waals surface area (Å²) in [5, 5.41) is 3.91. The number of aromatic nitrogens is 1. The Balaban J connectivity index is 1.87. The highest BCUT2D eigenvalue weighted by Gasteiger charge is 2.07. The molecule has 0 unspecified atom stereocenters. The molecular weight excluding hydrogens is 290 g/mol. The van der Waals surface area contributed by atoms with Crippen LogP contribution >= 0.6 is 0 Å². The van der Waals surface area contributed by atoms with Gasteiger partial charge in [0.05, 0.1) is 0 Å². The van der Waals surface area contributed by atoms with Gasteiger partial charge in [0.15, 0.2) is 0 Å². The minimum atomic E-state index is -0.111. The normalized spacial score (nSPS) is 11.1. The second-order valence-corrected chi connectivity index (χ2v) is 5.59. The zero-order chi connectivity index (χ0) is 16.7. The highest BCUT2D eigenvalue weighted by Crippen LogP contribution is 2.10. The van der Waals surface area contributed by atoms with E-state index in [4.69, 9.17) is 0 Å². The van der Waals surface area contributed by atoms with Gasteiger partial charge in [0.25, 0.3) is 5.56 Å². The molecule has 2 aromatic rings. The van der Waals surface area contributed by atoms with Crippen LogP contribution in [0.1, 0.15) is 25.8 Å². The lowest BCUT2D eigenvalue weighted by atomic mass is 10.1. The summed E-state index contributed by atoms with van der Waals surface area (Å²) in [5.41, 5.74) is 1.37. The standard InChI is InChI=1S/C18H25N3O2/c1-3-21(4-2)12-11-19-17(22)10-9-15-13-14-7-5-6-8-16(14)20-18(15)23/h5-8,13H,3-4,9-12H2,1-2H3,(H,19,22)(H,20,23). The molecule has 2 N–H and O–H groups in total. The van der Waals surface area contributed by atoms with Gasteiger partial charge in [-0.25, -0.2) is 0 Å². The van der Waals surface area contributed by atoms with Crippen LogP contribution in [0.3, 0.4) is 0 Å².